The molecule has 0 unspecified atom stereocenters. The molecule has 1 aromatic rings. The van der Waals surface area contributed by atoms with Gasteiger partial charge in [0.2, 0.25) is 0 Å². The maximum atomic E-state index is 13.3. The largest absolute Gasteiger partial charge is 0.392 e. The van der Waals surface area contributed by atoms with E-state index in [0.717, 1.165) is 18.7 Å². The second kappa shape index (κ2) is 6.28. The molecule has 2 N–H and O–H groups in total. The maximum absolute atomic E-state index is 13.3. The third-order valence-electron chi connectivity index (χ3n) is 3.47. The highest BCUT2D eigenvalue weighted by Crippen LogP contribution is 2.14. The Balaban J connectivity index is 2.01. The third-order valence-corrected chi connectivity index (χ3v) is 3.60. The number of carbonyl (C=O) groups excluding carboxylic acids is 1. The van der Waals surface area contributed by atoms with Gasteiger partial charge in [0.15, 0.2) is 0 Å². The molecular formula is C14H18FN3OS. The van der Waals surface area contributed by atoms with Crippen molar-refractivity contribution in [3.63, 3.8) is 0 Å². The van der Waals surface area contributed by atoms with Gasteiger partial charge in [-0.1, -0.05) is 18.3 Å². The van der Waals surface area contributed by atoms with Gasteiger partial charge in [0.25, 0.3) is 5.91 Å². The van der Waals surface area contributed by atoms with Crippen LogP contribution in [0.1, 0.15) is 15.9 Å². The number of piperazine rings is 1. The molecule has 6 heteroatoms. The van der Waals surface area contributed by atoms with Crippen LogP contribution in [-0.4, -0.2) is 53.4 Å². The standard InChI is InChI=1S/C14H18FN3OS/c1-10-2-3-11(15)8-12(10)14(19)18-6-4-17(5-7-18)9-13(16)20/h2-3,8H,4-7,9H2,1H3,(H2,16,20). The number of amides is 1. The molecule has 1 aliphatic rings. The van der Waals surface area contributed by atoms with Crippen LogP contribution in [0.5, 0.6) is 0 Å². The van der Waals surface area contributed by atoms with Gasteiger partial charge in [-0.25, -0.2) is 4.39 Å². The summed E-state index contributed by atoms with van der Waals surface area (Å²) in [5.41, 5.74) is 6.74. The quantitative estimate of drug-likeness (QED) is 0.851. The van der Waals surface area contributed by atoms with Crippen LogP contribution in [0.25, 0.3) is 0 Å². The molecule has 1 fully saturated rings. The first-order chi connectivity index (χ1) is 9.47. The average molecular weight is 295 g/mol. The Labute approximate surface area is 123 Å². The number of nitrogens with zero attached hydrogens (tertiary/aromatic N) is 2. The van der Waals surface area contributed by atoms with E-state index in [4.69, 9.17) is 18.0 Å². The summed E-state index contributed by atoms with van der Waals surface area (Å²) in [6.07, 6.45) is 0. The molecule has 1 aliphatic heterocycles. The van der Waals surface area contributed by atoms with Crippen LogP contribution in [-0.2, 0) is 0 Å². The molecule has 0 radical (unpaired) electrons. The molecule has 0 aliphatic carbocycles. The highest BCUT2D eigenvalue weighted by Gasteiger charge is 2.23. The number of hydrogen-bond donors (Lipinski definition) is 1. The van der Waals surface area contributed by atoms with Crippen LogP contribution < -0.4 is 5.73 Å². The van der Waals surface area contributed by atoms with Crippen molar-refractivity contribution in [1.29, 1.82) is 0 Å². The van der Waals surface area contributed by atoms with Gasteiger partial charge in [0.05, 0.1) is 4.99 Å². The summed E-state index contributed by atoms with van der Waals surface area (Å²) >= 11 is 4.88. The first kappa shape index (κ1) is 14.9. The fourth-order valence-electron chi connectivity index (χ4n) is 2.32. The highest BCUT2D eigenvalue weighted by atomic mass is 32.1. The Hall–Kier alpha value is -1.53. The van der Waals surface area contributed by atoms with Crippen LogP contribution in [0.3, 0.4) is 0 Å². The number of rotatable bonds is 3. The SMILES string of the molecule is Cc1ccc(F)cc1C(=O)N1CCN(CC(N)=S)CC1. The van der Waals surface area contributed by atoms with Crippen LogP contribution in [0.2, 0.25) is 0 Å². The fraction of sp³-hybridized carbons (Fsp3) is 0.429. The van der Waals surface area contributed by atoms with Crippen LogP contribution in [0.15, 0.2) is 18.2 Å². The van der Waals surface area contributed by atoms with Gasteiger partial charge in [-0.2, -0.15) is 0 Å². The average Bonchev–Trinajstić information content (AvgIpc) is 2.41. The van der Waals surface area contributed by atoms with E-state index in [1.807, 2.05) is 6.92 Å². The molecule has 0 saturated carbocycles. The number of aryl methyl sites for hydroxylation is 1. The monoisotopic (exact) mass is 295 g/mol. The van der Waals surface area contributed by atoms with Gasteiger partial charge >= 0.3 is 0 Å². The van der Waals surface area contributed by atoms with E-state index >= 15 is 0 Å². The Bertz CT molecular complexity index is 527. The van der Waals surface area contributed by atoms with E-state index in [1.165, 1.54) is 12.1 Å². The smallest absolute Gasteiger partial charge is 0.254 e. The molecule has 20 heavy (non-hydrogen) atoms. The first-order valence-electron chi connectivity index (χ1n) is 6.53. The van der Waals surface area contributed by atoms with Crippen molar-refractivity contribution in [2.45, 2.75) is 6.92 Å². The lowest BCUT2D eigenvalue weighted by Crippen LogP contribution is -2.50. The van der Waals surface area contributed by atoms with Crippen molar-refractivity contribution in [3.05, 3.63) is 35.1 Å². The molecule has 1 heterocycles. The van der Waals surface area contributed by atoms with Crippen molar-refractivity contribution in [2.24, 2.45) is 5.73 Å². The highest BCUT2D eigenvalue weighted by molar-refractivity contribution is 7.80. The van der Waals surface area contributed by atoms with Crippen molar-refractivity contribution in [2.75, 3.05) is 32.7 Å². The van der Waals surface area contributed by atoms with Gasteiger partial charge < -0.3 is 10.6 Å². The lowest BCUT2D eigenvalue weighted by atomic mass is 10.1. The molecular weight excluding hydrogens is 277 g/mol. The third kappa shape index (κ3) is 3.52. The maximum Gasteiger partial charge on any atom is 0.254 e. The summed E-state index contributed by atoms with van der Waals surface area (Å²) in [4.78, 5) is 16.7. The predicted molar refractivity (Wildman–Crippen MR) is 80.3 cm³/mol. The minimum Gasteiger partial charge on any atom is -0.392 e. The minimum atomic E-state index is -0.383. The Kier molecular flexibility index (Phi) is 4.67. The zero-order valence-electron chi connectivity index (χ0n) is 11.4. The molecule has 4 nitrogen and oxygen atoms in total. The molecule has 108 valence electrons. The van der Waals surface area contributed by atoms with Crippen molar-refractivity contribution >= 4 is 23.1 Å². The number of benzene rings is 1. The summed E-state index contributed by atoms with van der Waals surface area (Å²) in [6, 6.07) is 4.30. The van der Waals surface area contributed by atoms with Crippen molar-refractivity contribution < 1.29 is 9.18 Å². The van der Waals surface area contributed by atoms with E-state index in [-0.39, 0.29) is 11.7 Å². The topological polar surface area (TPSA) is 49.6 Å². The van der Waals surface area contributed by atoms with Gasteiger partial charge in [0.1, 0.15) is 5.82 Å². The molecule has 0 aromatic heterocycles. The number of carbonyl (C=O) groups is 1. The molecule has 1 aromatic carbocycles. The molecule has 2 rings (SSSR count). The van der Waals surface area contributed by atoms with Gasteiger partial charge in [-0.3, -0.25) is 9.69 Å². The number of hydrogen-bond acceptors (Lipinski definition) is 3. The molecule has 1 amide bonds. The summed E-state index contributed by atoms with van der Waals surface area (Å²) in [6.45, 7) is 5.08. The Morgan fingerprint density at radius 3 is 2.60 bits per heavy atom. The summed E-state index contributed by atoms with van der Waals surface area (Å²) in [7, 11) is 0. The normalized spacial score (nSPS) is 16.2. The van der Waals surface area contributed by atoms with Crippen molar-refractivity contribution in [1.82, 2.24) is 9.80 Å². The van der Waals surface area contributed by atoms with Crippen LogP contribution in [0.4, 0.5) is 4.39 Å². The van der Waals surface area contributed by atoms with Crippen LogP contribution >= 0.6 is 12.2 Å². The fourth-order valence-corrected chi connectivity index (χ4v) is 2.51. The zero-order valence-corrected chi connectivity index (χ0v) is 12.3. The first-order valence-corrected chi connectivity index (χ1v) is 6.94. The molecule has 0 spiro atoms. The van der Waals surface area contributed by atoms with E-state index in [0.29, 0.717) is 30.2 Å². The summed E-state index contributed by atoms with van der Waals surface area (Å²) in [5, 5.41) is 0. The number of nitrogens with two attached hydrogens (primary N) is 1. The van der Waals surface area contributed by atoms with E-state index in [1.54, 1.807) is 11.0 Å². The van der Waals surface area contributed by atoms with Gasteiger partial charge in [-0.15, -0.1) is 0 Å². The number of halogens is 1. The Morgan fingerprint density at radius 2 is 2.00 bits per heavy atom. The van der Waals surface area contributed by atoms with E-state index in [2.05, 4.69) is 4.90 Å². The van der Waals surface area contributed by atoms with E-state index in [9.17, 15) is 9.18 Å². The molecule has 0 atom stereocenters. The van der Waals surface area contributed by atoms with Crippen LogP contribution in [0, 0.1) is 12.7 Å². The zero-order chi connectivity index (χ0) is 14.7. The number of thiocarbonyl (C=S) groups is 1. The minimum absolute atomic E-state index is 0.114. The van der Waals surface area contributed by atoms with Crippen molar-refractivity contribution in [3.8, 4) is 0 Å². The molecule has 1 saturated heterocycles. The lowest BCUT2D eigenvalue weighted by molar-refractivity contribution is 0.0653. The lowest BCUT2D eigenvalue weighted by Gasteiger charge is -2.34. The predicted octanol–water partition coefficient (Wildman–Crippen LogP) is 1.18. The Morgan fingerprint density at radius 1 is 1.35 bits per heavy atom. The second-order valence-electron chi connectivity index (χ2n) is 4.99. The second-order valence-corrected chi connectivity index (χ2v) is 5.52. The molecule has 0 bridgehead atoms. The summed E-state index contributed by atoms with van der Waals surface area (Å²) in [5.74, 6) is -0.497. The van der Waals surface area contributed by atoms with E-state index < -0.39 is 0 Å². The van der Waals surface area contributed by atoms with Gasteiger partial charge in [-0.05, 0) is 24.6 Å². The van der Waals surface area contributed by atoms with Gasteiger partial charge in [0, 0.05) is 38.3 Å². The summed E-state index contributed by atoms with van der Waals surface area (Å²) < 4.78 is 13.3.